The van der Waals surface area contributed by atoms with Crippen LogP contribution >= 0.6 is 23.4 Å². The molecule has 0 spiro atoms. The summed E-state index contributed by atoms with van der Waals surface area (Å²) < 4.78 is 0. The number of hydrogen-bond donors (Lipinski definition) is 1. The van der Waals surface area contributed by atoms with Crippen LogP contribution in [-0.2, 0) is 0 Å². The molecule has 0 aromatic rings. The molecular weight excluding hydrogens is 204 g/mol. The van der Waals surface area contributed by atoms with Gasteiger partial charge in [0, 0.05) is 17.8 Å². The normalized spacial score (nSPS) is 13.1. The van der Waals surface area contributed by atoms with Gasteiger partial charge in [-0.1, -0.05) is 43.3 Å². The van der Waals surface area contributed by atoms with Crippen molar-refractivity contribution in [1.82, 2.24) is 0 Å². The fourth-order valence-electron chi connectivity index (χ4n) is 0.648. The zero-order valence-electron chi connectivity index (χ0n) is 8.16. The molecule has 0 aliphatic heterocycles. The Hall–Kier alpha value is -0.150. The van der Waals surface area contributed by atoms with E-state index in [0.717, 1.165) is 18.7 Å². The van der Waals surface area contributed by atoms with E-state index in [0.29, 0.717) is 11.1 Å². The van der Waals surface area contributed by atoms with Crippen LogP contribution in [0.25, 0.3) is 0 Å². The second-order valence-electron chi connectivity index (χ2n) is 3.08. The van der Waals surface area contributed by atoms with E-state index in [1.165, 1.54) is 17.3 Å². The minimum absolute atomic E-state index is 0.649. The Kier molecular flexibility index (Phi) is 8.35. The number of amidine groups is 1. The molecule has 0 saturated carbocycles. The van der Waals surface area contributed by atoms with Gasteiger partial charge in [0.1, 0.15) is 0 Å². The molecule has 0 aliphatic carbocycles. The second-order valence-corrected chi connectivity index (χ2v) is 4.37. The molecule has 0 fully saturated rings. The van der Waals surface area contributed by atoms with Gasteiger partial charge in [0.25, 0.3) is 0 Å². The predicted octanol–water partition coefficient (Wildman–Crippen LogP) is 2.83. The number of rotatable bonds is 5. The smallest absolute Gasteiger partial charge is 0.154 e. The highest BCUT2D eigenvalue weighted by Gasteiger charge is 1.93. The number of nitrogens with zero attached hydrogens (tertiary/aromatic N) is 1. The highest BCUT2D eigenvalue weighted by atomic mass is 35.5. The minimum atomic E-state index is 0.649. The first-order chi connectivity index (χ1) is 6.16. The van der Waals surface area contributed by atoms with Crippen molar-refractivity contribution in [2.75, 3.05) is 12.3 Å². The van der Waals surface area contributed by atoms with E-state index in [1.54, 1.807) is 0 Å². The maximum atomic E-state index is 5.64. The Morgan fingerprint density at radius 1 is 1.62 bits per heavy atom. The number of thioether (sulfide) groups is 1. The van der Waals surface area contributed by atoms with Crippen LogP contribution in [0.3, 0.4) is 0 Å². The molecule has 0 bridgehead atoms. The molecule has 0 radical (unpaired) electrons. The SMILES string of the molecule is CC(C)CCN=C(N)SCC=CCl. The standard InChI is InChI=1S/C9H17ClN2S/c1-8(2)4-6-12-9(11)13-7-3-5-10/h3,5,8H,4,6-7H2,1-2H3,(H2,11,12). The van der Waals surface area contributed by atoms with Crippen LogP contribution in [0.4, 0.5) is 0 Å². The topological polar surface area (TPSA) is 38.4 Å². The third-order valence-electron chi connectivity index (χ3n) is 1.39. The van der Waals surface area contributed by atoms with E-state index in [-0.39, 0.29) is 0 Å². The van der Waals surface area contributed by atoms with E-state index in [4.69, 9.17) is 17.3 Å². The van der Waals surface area contributed by atoms with E-state index in [2.05, 4.69) is 18.8 Å². The fraction of sp³-hybridized carbons (Fsp3) is 0.667. The third kappa shape index (κ3) is 9.77. The van der Waals surface area contributed by atoms with E-state index in [9.17, 15) is 0 Å². The van der Waals surface area contributed by atoms with Gasteiger partial charge in [-0.15, -0.1) is 0 Å². The lowest BCUT2D eigenvalue weighted by Crippen LogP contribution is -2.08. The molecule has 0 aromatic carbocycles. The first kappa shape index (κ1) is 12.8. The van der Waals surface area contributed by atoms with Crippen molar-refractivity contribution in [3.63, 3.8) is 0 Å². The zero-order chi connectivity index (χ0) is 10.1. The Morgan fingerprint density at radius 2 is 2.31 bits per heavy atom. The van der Waals surface area contributed by atoms with Gasteiger partial charge < -0.3 is 5.73 Å². The van der Waals surface area contributed by atoms with Crippen molar-refractivity contribution in [2.45, 2.75) is 20.3 Å². The van der Waals surface area contributed by atoms with Crippen LogP contribution in [0.5, 0.6) is 0 Å². The quantitative estimate of drug-likeness (QED) is 0.572. The molecule has 0 heterocycles. The largest absolute Gasteiger partial charge is 0.379 e. The molecule has 76 valence electrons. The highest BCUT2D eigenvalue weighted by molar-refractivity contribution is 8.13. The van der Waals surface area contributed by atoms with E-state index in [1.807, 2.05) is 6.08 Å². The van der Waals surface area contributed by atoms with Crippen LogP contribution in [0.15, 0.2) is 16.6 Å². The van der Waals surface area contributed by atoms with Gasteiger partial charge in [-0.2, -0.15) is 0 Å². The summed E-state index contributed by atoms with van der Waals surface area (Å²) in [5, 5.41) is 0.649. The minimum Gasteiger partial charge on any atom is -0.379 e. The van der Waals surface area contributed by atoms with Gasteiger partial charge in [0.15, 0.2) is 5.17 Å². The highest BCUT2D eigenvalue weighted by Crippen LogP contribution is 2.03. The maximum Gasteiger partial charge on any atom is 0.154 e. The first-order valence-electron chi connectivity index (χ1n) is 4.34. The lowest BCUT2D eigenvalue weighted by Gasteiger charge is -2.01. The number of nitrogens with two attached hydrogens (primary N) is 1. The summed E-state index contributed by atoms with van der Waals surface area (Å²) >= 11 is 6.87. The van der Waals surface area contributed by atoms with Crippen molar-refractivity contribution in [3.05, 3.63) is 11.6 Å². The molecule has 4 heteroatoms. The molecule has 0 saturated heterocycles. The Bertz CT molecular complexity index is 178. The summed E-state index contributed by atoms with van der Waals surface area (Å²) in [7, 11) is 0. The summed E-state index contributed by atoms with van der Waals surface area (Å²) in [6.45, 7) is 5.17. The van der Waals surface area contributed by atoms with Gasteiger partial charge in [0.2, 0.25) is 0 Å². The van der Waals surface area contributed by atoms with Gasteiger partial charge >= 0.3 is 0 Å². The Morgan fingerprint density at radius 3 is 2.85 bits per heavy atom. The van der Waals surface area contributed by atoms with Crippen LogP contribution in [0.1, 0.15) is 20.3 Å². The van der Waals surface area contributed by atoms with Crippen LogP contribution in [0, 0.1) is 5.92 Å². The number of aliphatic imine (C=N–C) groups is 1. The summed E-state index contributed by atoms with van der Waals surface area (Å²) in [4.78, 5) is 4.22. The van der Waals surface area contributed by atoms with Crippen molar-refractivity contribution in [2.24, 2.45) is 16.6 Å². The molecule has 0 amide bonds. The van der Waals surface area contributed by atoms with Crippen LogP contribution < -0.4 is 5.73 Å². The number of halogens is 1. The Labute approximate surface area is 89.6 Å². The molecule has 13 heavy (non-hydrogen) atoms. The van der Waals surface area contributed by atoms with Crippen molar-refractivity contribution >= 4 is 28.5 Å². The van der Waals surface area contributed by atoms with Crippen molar-refractivity contribution in [3.8, 4) is 0 Å². The first-order valence-corrected chi connectivity index (χ1v) is 5.77. The number of hydrogen-bond acceptors (Lipinski definition) is 2. The van der Waals surface area contributed by atoms with E-state index < -0.39 is 0 Å². The summed E-state index contributed by atoms with van der Waals surface area (Å²) in [5.74, 6) is 1.48. The molecule has 2 nitrogen and oxygen atoms in total. The van der Waals surface area contributed by atoms with Crippen molar-refractivity contribution < 1.29 is 0 Å². The lowest BCUT2D eigenvalue weighted by molar-refractivity contribution is 0.597. The monoisotopic (exact) mass is 220 g/mol. The molecule has 0 rings (SSSR count). The van der Waals surface area contributed by atoms with Crippen molar-refractivity contribution in [1.29, 1.82) is 0 Å². The molecule has 0 aliphatic rings. The average molecular weight is 221 g/mol. The second kappa shape index (κ2) is 8.45. The zero-order valence-corrected chi connectivity index (χ0v) is 9.74. The molecule has 2 N–H and O–H groups in total. The van der Waals surface area contributed by atoms with Gasteiger partial charge in [-0.05, 0) is 12.3 Å². The third-order valence-corrected chi connectivity index (χ3v) is 2.35. The van der Waals surface area contributed by atoms with Crippen LogP contribution in [-0.4, -0.2) is 17.5 Å². The lowest BCUT2D eigenvalue weighted by atomic mass is 10.1. The molecule has 0 aromatic heterocycles. The van der Waals surface area contributed by atoms with Crippen LogP contribution in [0.2, 0.25) is 0 Å². The Balaban J connectivity index is 3.51. The van der Waals surface area contributed by atoms with Gasteiger partial charge in [-0.25, -0.2) is 0 Å². The van der Waals surface area contributed by atoms with Gasteiger partial charge in [-0.3, -0.25) is 4.99 Å². The summed E-state index contributed by atoms with van der Waals surface area (Å²) in [5.41, 5.74) is 7.13. The van der Waals surface area contributed by atoms with Gasteiger partial charge in [0.05, 0.1) is 0 Å². The summed E-state index contributed by atoms with van der Waals surface area (Å²) in [6, 6.07) is 0. The predicted molar refractivity (Wildman–Crippen MR) is 63.4 cm³/mol. The molecule has 0 atom stereocenters. The molecular formula is C9H17ClN2S. The molecule has 0 unspecified atom stereocenters. The summed E-state index contributed by atoms with van der Waals surface area (Å²) in [6.07, 6.45) is 2.93. The maximum absolute atomic E-state index is 5.64. The van der Waals surface area contributed by atoms with E-state index >= 15 is 0 Å². The average Bonchev–Trinajstić information content (AvgIpc) is 2.04. The fourth-order valence-corrected chi connectivity index (χ4v) is 1.39.